The lowest BCUT2D eigenvalue weighted by Gasteiger charge is -2.34. The molecule has 0 spiro atoms. The Bertz CT molecular complexity index is 1530. The summed E-state index contributed by atoms with van der Waals surface area (Å²) in [5, 5.41) is 29.1. The van der Waals surface area contributed by atoms with Crippen molar-refractivity contribution in [3.8, 4) is 22.3 Å². The van der Waals surface area contributed by atoms with E-state index in [1.807, 2.05) is 36.4 Å². The Labute approximate surface area is 288 Å². The van der Waals surface area contributed by atoms with Crippen molar-refractivity contribution in [1.82, 2.24) is 0 Å². The third kappa shape index (κ3) is 10.1. The quantitative estimate of drug-likeness (QED) is 0.0436. The lowest BCUT2D eigenvalue weighted by molar-refractivity contribution is -0.145. The molecule has 6 nitrogen and oxygen atoms in total. The Kier molecular flexibility index (Phi) is 14.4. The van der Waals surface area contributed by atoms with E-state index in [0.717, 1.165) is 56.1 Å². The lowest BCUT2D eigenvalue weighted by atomic mass is 9.74. The number of hydrogen-bond donors (Lipinski definition) is 3. The monoisotopic (exact) mass is 678 g/mol. The molecule has 8 heteroatoms. The van der Waals surface area contributed by atoms with Gasteiger partial charge in [-0.1, -0.05) is 93.1 Å². The number of aryl methyl sites for hydroxylation is 1. The first-order valence-corrected chi connectivity index (χ1v) is 17.3. The Balaban J connectivity index is 1.38. The lowest BCUT2D eigenvalue weighted by Crippen LogP contribution is -2.32. The minimum absolute atomic E-state index is 0.0265. The fourth-order valence-corrected chi connectivity index (χ4v) is 6.68. The maximum absolute atomic E-state index is 15.4. The van der Waals surface area contributed by atoms with Gasteiger partial charge in [0.1, 0.15) is 5.82 Å². The highest BCUT2D eigenvalue weighted by atomic mass is 35.5. The van der Waals surface area contributed by atoms with Gasteiger partial charge >= 0.3 is 5.97 Å². The third-order valence-corrected chi connectivity index (χ3v) is 9.76. The zero-order chi connectivity index (χ0) is 34.6. The summed E-state index contributed by atoms with van der Waals surface area (Å²) >= 11 is 6.59. The number of esters is 1. The Hall–Kier alpha value is -3.33. The van der Waals surface area contributed by atoms with E-state index in [1.54, 1.807) is 12.1 Å². The van der Waals surface area contributed by atoms with Crippen LogP contribution in [0.1, 0.15) is 68.9 Å². The molecular weight excluding hydrogens is 631 g/mol. The Morgan fingerprint density at radius 3 is 2.23 bits per heavy atom. The van der Waals surface area contributed by atoms with Gasteiger partial charge in [0, 0.05) is 27.6 Å². The molecule has 0 bridgehead atoms. The minimum atomic E-state index is -1.32. The molecule has 0 heterocycles. The number of rotatable bonds is 17. The molecule has 0 aliphatic heterocycles. The van der Waals surface area contributed by atoms with Crippen molar-refractivity contribution in [1.29, 1.82) is 0 Å². The summed E-state index contributed by atoms with van der Waals surface area (Å²) in [6.07, 6.45) is 6.68. The number of halogens is 2. The minimum Gasteiger partial charge on any atom is -0.462 e. The van der Waals surface area contributed by atoms with Crippen molar-refractivity contribution in [2.75, 3.05) is 26.4 Å². The molecule has 2 unspecified atom stereocenters. The molecule has 4 rings (SSSR count). The van der Waals surface area contributed by atoms with Crippen LogP contribution in [0.3, 0.4) is 0 Å². The van der Waals surface area contributed by atoms with Gasteiger partial charge in [0.25, 0.3) is 0 Å². The van der Waals surface area contributed by atoms with Gasteiger partial charge in [-0.05, 0) is 84.7 Å². The Morgan fingerprint density at radius 2 is 1.60 bits per heavy atom. The van der Waals surface area contributed by atoms with E-state index >= 15 is 4.39 Å². The molecule has 2 atom stereocenters. The fraction of sp³-hybridized carbons (Fsp3) is 0.425. The number of unbranched alkanes of at least 4 members (excludes halogenated alkanes) is 2. The zero-order valence-corrected chi connectivity index (χ0v) is 28.6. The summed E-state index contributed by atoms with van der Waals surface area (Å²) in [7, 11) is 0. The molecule has 258 valence electrons. The van der Waals surface area contributed by atoms with E-state index in [1.165, 1.54) is 17.5 Å². The summed E-state index contributed by atoms with van der Waals surface area (Å²) in [6.45, 7) is 8.60. The second-order valence-electron chi connectivity index (χ2n) is 12.8. The van der Waals surface area contributed by atoms with Gasteiger partial charge in [-0.2, -0.15) is 0 Å². The van der Waals surface area contributed by atoms with E-state index in [9.17, 15) is 20.1 Å². The second-order valence-corrected chi connectivity index (χ2v) is 13.2. The molecule has 0 radical (unpaired) electrons. The highest BCUT2D eigenvalue weighted by Gasteiger charge is 2.30. The summed E-state index contributed by atoms with van der Waals surface area (Å²) in [4.78, 5) is 12.1. The first-order valence-electron chi connectivity index (χ1n) is 16.9. The van der Waals surface area contributed by atoms with E-state index in [0.29, 0.717) is 22.1 Å². The highest BCUT2D eigenvalue weighted by Crippen LogP contribution is 2.40. The van der Waals surface area contributed by atoms with Crippen LogP contribution in [0.5, 0.6) is 0 Å². The van der Waals surface area contributed by atoms with Crippen LogP contribution in [0.4, 0.5) is 4.39 Å². The molecule has 3 aromatic carbocycles. The number of carbonyl (C=O) groups is 1. The van der Waals surface area contributed by atoms with Crippen LogP contribution in [0, 0.1) is 17.7 Å². The van der Waals surface area contributed by atoms with Crippen molar-refractivity contribution in [3.05, 3.63) is 107 Å². The number of benzene rings is 3. The molecule has 1 fully saturated rings. The van der Waals surface area contributed by atoms with Gasteiger partial charge in [-0.3, -0.25) is 0 Å². The summed E-state index contributed by atoms with van der Waals surface area (Å²) < 4.78 is 26.4. The predicted molar refractivity (Wildman–Crippen MR) is 189 cm³/mol. The third-order valence-electron chi connectivity index (χ3n) is 9.44. The van der Waals surface area contributed by atoms with Crippen LogP contribution in [-0.2, 0) is 20.7 Å². The molecule has 1 aliphatic carbocycles. The van der Waals surface area contributed by atoms with Gasteiger partial charge in [0.2, 0.25) is 0 Å². The van der Waals surface area contributed by atoms with E-state index < -0.39 is 25.5 Å². The number of carbonyl (C=O) groups excluding carboxylic acids is 1. The summed E-state index contributed by atoms with van der Waals surface area (Å²) in [5.74, 6) is -0.645. The van der Waals surface area contributed by atoms with Crippen molar-refractivity contribution >= 4 is 17.6 Å². The predicted octanol–water partition coefficient (Wildman–Crippen LogP) is 8.41. The standard InChI is InChI=1S/C40H48ClFO6/c1-4-5-6-7-28-8-18-35(37(41)20-28)36-19-17-33(21-38(36)42)31-13-9-29(10-14-31)30-11-15-32(16-12-30)34(24-47-39(45)26(2)22-43)25-48-40(46)27(3)23-44/h8-10,13-14,17-21,30,32,34,39,43-45H,2-7,11-12,15-16,22-25H2,1H3. The maximum Gasteiger partial charge on any atom is 0.335 e. The van der Waals surface area contributed by atoms with E-state index in [-0.39, 0.29) is 42.0 Å². The van der Waals surface area contributed by atoms with Crippen molar-refractivity contribution in [2.45, 2.75) is 70.5 Å². The summed E-state index contributed by atoms with van der Waals surface area (Å²) in [5.41, 5.74) is 5.42. The van der Waals surface area contributed by atoms with E-state index in [4.69, 9.17) is 21.1 Å². The molecule has 1 aliphatic rings. The average molecular weight is 679 g/mol. The van der Waals surface area contributed by atoms with Gasteiger partial charge in [0.05, 0.1) is 32.0 Å². The van der Waals surface area contributed by atoms with Crippen LogP contribution in [0.25, 0.3) is 22.3 Å². The molecule has 3 aromatic rings. The smallest absolute Gasteiger partial charge is 0.335 e. The average Bonchev–Trinajstić information content (AvgIpc) is 3.11. The fourth-order valence-electron chi connectivity index (χ4n) is 6.38. The summed E-state index contributed by atoms with van der Waals surface area (Å²) in [6, 6.07) is 19.5. The highest BCUT2D eigenvalue weighted by molar-refractivity contribution is 6.33. The van der Waals surface area contributed by atoms with Crippen LogP contribution in [0.15, 0.2) is 85.0 Å². The molecule has 0 amide bonds. The number of aliphatic hydroxyl groups excluding tert-OH is 3. The van der Waals surface area contributed by atoms with Crippen LogP contribution >= 0.6 is 11.6 Å². The SMILES string of the molecule is C=C(CO)C(=O)OCC(COC(O)C(=C)CO)C1CCC(c2ccc(-c3ccc(-c4ccc(CCCCC)cc4Cl)c(F)c3)cc2)CC1. The van der Waals surface area contributed by atoms with Crippen LogP contribution in [-0.4, -0.2) is 54.0 Å². The van der Waals surface area contributed by atoms with Gasteiger partial charge in [-0.25, -0.2) is 9.18 Å². The molecular formula is C40H48ClFO6. The number of aliphatic hydroxyl groups is 3. The Morgan fingerprint density at radius 1 is 0.917 bits per heavy atom. The topological polar surface area (TPSA) is 96.2 Å². The maximum atomic E-state index is 15.4. The van der Waals surface area contributed by atoms with Gasteiger partial charge < -0.3 is 24.8 Å². The van der Waals surface area contributed by atoms with Crippen LogP contribution < -0.4 is 0 Å². The molecule has 0 saturated heterocycles. The normalized spacial score (nSPS) is 17.5. The first-order chi connectivity index (χ1) is 23.1. The van der Waals surface area contributed by atoms with Crippen molar-refractivity contribution in [3.63, 3.8) is 0 Å². The van der Waals surface area contributed by atoms with Gasteiger partial charge in [0.15, 0.2) is 6.29 Å². The second kappa shape index (κ2) is 18.4. The largest absolute Gasteiger partial charge is 0.462 e. The first kappa shape index (κ1) is 37.5. The molecule has 0 aromatic heterocycles. The van der Waals surface area contributed by atoms with Crippen LogP contribution in [0.2, 0.25) is 5.02 Å². The molecule has 48 heavy (non-hydrogen) atoms. The number of hydrogen-bond acceptors (Lipinski definition) is 6. The van der Waals surface area contributed by atoms with Crippen molar-refractivity contribution < 1.29 is 34.0 Å². The van der Waals surface area contributed by atoms with Gasteiger partial charge in [-0.15, -0.1) is 0 Å². The molecule has 1 saturated carbocycles. The van der Waals surface area contributed by atoms with E-state index in [2.05, 4.69) is 32.2 Å². The van der Waals surface area contributed by atoms with Crippen molar-refractivity contribution in [2.24, 2.45) is 11.8 Å². The number of ether oxygens (including phenoxy) is 2. The zero-order valence-electron chi connectivity index (χ0n) is 27.8. The molecule has 3 N–H and O–H groups in total.